The molecule has 0 N–H and O–H groups in total. The van der Waals surface area contributed by atoms with Gasteiger partial charge in [0, 0.05) is 51.0 Å². The molecular formula is C27H46ClN3O3S. The summed E-state index contributed by atoms with van der Waals surface area (Å²) in [6, 6.07) is 8.44. The molecule has 0 aliphatic carbocycles. The molecule has 1 unspecified atom stereocenters. The number of benzene rings is 1. The van der Waals surface area contributed by atoms with E-state index in [1.807, 2.05) is 17.0 Å². The molecule has 3 saturated heterocycles. The van der Waals surface area contributed by atoms with Crippen molar-refractivity contribution in [1.29, 1.82) is 0 Å². The van der Waals surface area contributed by atoms with Gasteiger partial charge in [-0.25, -0.2) is 8.51 Å². The predicted octanol–water partition coefficient (Wildman–Crippen LogP) is 5.37. The van der Waals surface area contributed by atoms with E-state index in [-0.39, 0.29) is 0 Å². The van der Waals surface area contributed by atoms with Gasteiger partial charge in [0.15, 0.2) is 0 Å². The zero-order chi connectivity index (χ0) is 25.5. The summed E-state index contributed by atoms with van der Waals surface area (Å²) in [6.45, 7) is 7.57. The van der Waals surface area contributed by atoms with Crippen molar-refractivity contribution in [3.05, 3.63) is 29.3 Å². The van der Waals surface area contributed by atoms with Crippen molar-refractivity contribution < 1.29 is 13.7 Å². The Kier molecular flexibility index (Phi) is 15.1. The molecule has 4 rings (SSSR count). The van der Waals surface area contributed by atoms with Crippen LogP contribution in [0, 0.1) is 0 Å². The molecule has 35 heavy (non-hydrogen) atoms. The van der Waals surface area contributed by atoms with Crippen LogP contribution >= 0.6 is 11.6 Å². The van der Waals surface area contributed by atoms with Gasteiger partial charge >= 0.3 is 0 Å². The summed E-state index contributed by atoms with van der Waals surface area (Å²) in [7, 11) is 2.22. The molecule has 0 spiro atoms. The molecule has 0 aromatic heterocycles. The summed E-state index contributed by atoms with van der Waals surface area (Å²) in [5.41, 5.74) is 0. The van der Waals surface area contributed by atoms with E-state index in [0.29, 0.717) is 11.1 Å². The van der Waals surface area contributed by atoms with Crippen LogP contribution in [-0.4, -0.2) is 83.8 Å². The number of nitrogens with zero attached hydrogens (tertiary/aromatic N) is 3. The molecule has 3 aliphatic heterocycles. The Bertz CT molecular complexity index is 721. The van der Waals surface area contributed by atoms with Crippen LogP contribution in [0.2, 0.25) is 5.02 Å². The van der Waals surface area contributed by atoms with Gasteiger partial charge in [-0.1, -0.05) is 37.3 Å². The van der Waals surface area contributed by atoms with Crippen LogP contribution in [0.15, 0.2) is 29.2 Å². The van der Waals surface area contributed by atoms with Gasteiger partial charge in [-0.3, -0.25) is 4.79 Å². The normalized spacial score (nSPS) is 23.5. The Morgan fingerprint density at radius 3 is 1.94 bits per heavy atom. The first-order valence-corrected chi connectivity index (χ1v) is 14.8. The first kappa shape index (κ1) is 30.2. The van der Waals surface area contributed by atoms with E-state index >= 15 is 0 Å². The summed E-state index contributed by atoms with van der Waals surface area (Å²) in [5, 5.41) is 0.687. The third kappa shape index (κ3) is 10.9. The monoisotopic (exact) mass is 527 g/mol. The Morgan fingerprint density at radius 2 is 1.40 bits per heavy atom. The molecule has 3 heterocycles. The number of hydrogen-bond acceptors (Lipinski definition) is 4. The zero-order valence-corrected chi connectivity index (χ0v) is 23.6. The van der Waals surface area contributed by atoms with Gasteiger partial charge in [-0.2, -0.15) is 0 Å². The maximum absolute atomic E-state index is 12.3. The molecule has 3 aliphatic rings. The molecule has 1 amide bonds. The smallest absolute Gasteiger partial charge is 0.209 e. The van der Waals surface area contributed by atoms with Crippen LogP contribution in [0.4, 0.5) is 0 Å². The van der Waals surface area contributed by atoms with Crippen LogP contribution in [0.5, 0.6) is 0 Å². The summed E-state index contributed by atoms with van der Waals surface area (Å²) in [6.07, 6.45) is 13.9. The highest BCUT2D eigenvalue weighted by molar-refractivity contribution is 7.82. The first-order chi connectivity index (χ1) is 17.0. The van der Waals surface area contributed by atoms with Crippen molar-refractivity contribution in [2.45, 2.75) is 88.1 Å². The lowest BCUT2D eigenvalue weighted by Gasteiger charge is -2.38. The van der Waals surface area contributed by atoms with E-state index in [1.54, 1.807) is 26.4 Å². The van der Waals surface area contributed by atoms with Crippen LogP contribution < -0.4 is 0 Å². The SMILES string of the molecule is COC.C[C@@H]1CCCCN1S(=O)c1ccc(Cl)cc1.O=CN1CCC(N2CCCCCCC2)CC1. The lowest BCUT2D eigenvalue weighted by atomic mass is 10.0. The number of likely N-dealkylation sites (tertiary alicyclic amines) is 2. The summed E-state index contributed by atoms with van der Waals surface area (Å²) in [4.78, 5) is 16.1. The summed E-state index contributed by atoms with van der Waals surface area (Å²) < 4.78 is 18.6. The minimum absolute atomic E-state index is 0.408. The van der Waals surface area contributed by atoms with Crippen molar-refractivity contribution in [2.24, 2.45) is 0 Å². The van der Waals surface area contributed by atoms with E-state index < -0.39 is 11.0 Å². The molecule has 1 aromatic carbocycles. The number of ether oxygens (including phenoxy) is 1. The Morgan fingerprint density at radius 1 is 0.857 bits per heavy atom. The van der Waals surface area contributed by atoms with Gasteiger partial charge < -0.3 is 14.5 Å². The van der Waals surface area contributed by atoms with Crippen LogP contribution in [0.3, 0.4) is 0 Å². The van der Waals surface area contributed by atoms with E-state index in [2.05, 4.69) is 20.9 Å². The third-order valence-corrected chi connectivity index (χ3v) is 8.92. The van der Waals surface area contributed by atoms with Crippen LogP contribution in [-0.2, 0) is 20.5 Å². The molecule has 0 radical (unpaired) electrons. The summed E-state index contributed by atoms with van der Waals surface area (Å²) >= 11 is 5.82. The van der Waals surface area contributed by atoms with Crippen molar-refractivity contribution in [3.63, 3.8) is 0 Å². The van der Waals surface area contributed by atoms with E-state index in [9.17, 15) is 9.00 Å². The molecule has 1 aromatic rings. The van der Waals surface area contributed by atoms with Crippen molar-refractivity contribution in [3.8, 4) is 0 Å². The topological polar surface area (TPSA) is 53.1 Å². The number of carbonyl (C=O) groups excluding carboxylic acids is 1. The highest BCUT2D eigenvalue weighted by Crippen LogP contribution is 2.23. The summed E-state index contributed by atoms with van der Waals surface area (Å²) in [5.74, 6) is 0. The number of rotatable bonds is 4. The molecule has 0 saturated carbocycles. The highest BCUT2D eigenvalue weighted by Gasteiger charge is 2.25. The maximum atomic E-state index is 12.3. The second-order valence-electron chi connectivity index (χ2n) is 9.77. The zero-order valence-electron chi connectivity index (χ0n) is 22.0. The molecule has 6 nitrogen and oxygen atoms in total. The highest BCUT2D eigenvalue weighted by atomic mass is 35.5. The molecule has 0 bridgehead atoms. The molecule has 3 fully saturated rings. The minimum atomic E-state index is -1.03. The maximum Gasteiger partial charge on any atom is 0.209 e. The minimum Gasteiger partial charge on any atom is -0.388 e. The third-order valence-electron chi connectivity index (χ3n) is 7.03. The van der Waals surface area contributed by atoms with E-state index in [0.717, 1.165) is 49.8 Å². The number of carbonyl (C=O) groups is 1. The molecule has 200 valence electrons. The number of methoxy groups -OCH3 is 1. The van der Waals surface area contributed by atoms with Gasteiger partial charge in [0.2, 0.25) is 6.41 Å². The lowest BCUT2D eigenvalue weighted by molar-refractivity contribution is -0.119. The number of halogens is 1. The lowest BCUT2D eigenvalue weighted by Crippen LogP contribution is -2.45. The second kappa shape index (κ2) is 17.5. The van der Waals surface area contributed by atoms with Crippen molar-refractivity contribution in [1.82, 2.24) is 14.1 Å². The van der Waals surface area contributed by atoms with Crippen LogP contribution in [0.1, 0.15) is 71.1 Å². The van der Waals surface area contributed by atoms with Gasteiger partial charge in [0.25, 0.3) is 0 Å². The molecular weight excluding hydrogens is 482 g/mol. The largest absolute Gasteiger partial charge is 0.388 e. The van der Waals surface area contributed by atoms with Gasteiger partial charge in [0.1, 0.15) is 11.0 Å². The Labute approximate surface area is 220 Å². The average Bonchev–Trinajstić information content (AvgIpc) is 2.85. The molecule has 8 heteroatoms. The molecule has 2 atom stereocenters. The first-order valence-electron chi connectivity index (χ1n) is 13.3. The van der Waals surface area contributed by atoms with Gasteiger partial charge in [-0.05, 0) is 82.8 Å². The van der Waals surface area contributed by atoms with E-state index in [1.165, 1.54) is 64.5 Å². The number of amides is 1. The quantitative estimate of drug-likeness (QED) is 0.494. The second-order valence-corrected chi connectivity index (χ2v) is 11.6. The fourth-order valence-corrected chi connectivity index (χ4v) is 6.49. The Balaban J connectivity index is 0.000000222. The average molecular weight is 528 g/mol. The fourth-order valence-electron chi connectivity index (χ4n) is 5.00. The van der Waals surface area contributed by atoms with Crippen LogP contribution in [0.25, 0.3) is 0 Å². The van der Waals surface area contributed by atoms with E-state index in [4.69, 9.17) is 11.6 Å². The standard InChI is InChI=1S/C13H24N2O.C12H16ClNOS.C2H6O/c16-12-14-10-6-13(7-11-14)15-8-4-2-1-3-5-9-15;1-10-4-2-3-9-14(10)16(15)12-7-5-11(13)6-8-12;1-3-2/h12-13H,1-11H2;5-8,10H,2-4,9H2,1H3;1-2H3/t;10-,16?;/m.1./s1. The van der Waals surface area contributed by atoms with Crippen molar-refractivity contribution >= 4 is 29.0 Å². The van der Waals surface area contributed by atoms with Crippen molar-refractivity contribution in [2.75, 3.05) is 46.9 Å². The van der Waals surface area contributed by atoms with Gasteiger partial charge in [-0.15, -0.1) is 0 Å². The van der Waals surface area contributed by atoms with Gasteiger partial charge in [0.05, 0.1) is 4.90 Å². The Hall–Kier alpha value is -0.990. The predicted molar refractivity (Wildman–Crippen MR) is 146 cm³/mol. The fraction of sp³-hybridized carbons (Fsp3) is 0.741. The number of hydrogen-bond donors (Lipinski definition) is 0. The number of piperidine rings is 2.